The van der Waals surface area contributed by atoms with Crippen molar-refractivity contribution in [2.24, 2.45) is 4.99 Å². The summed E-state index contributed by atoms with van der Waals surface area (Å²) in [5, 5.41) is 0. The summed E-state index contributed by atoms with van der Waals surface area (Å²) in [6, 6.07) is 24.3. The molecule has 0 saturated carbocycles. The molecule has 0 aliphatic carbocycles. The summed E-state index contributed by atoms with van der Waals surface area (Å²) >= 11 is 0. The monoisotopic (exact) mass is 333 g/mol. The zero-order valence-electron chi connectivity index (χ0n) is 14.1. The maximum Gasteiger partial charge on any atom is 0.123 e. The summed E-state index contributed by atoms with van der Waals surface area (Å²) < 4.78 is 18.8. The molecule has 1 atom stereocenters. The first-order valence-corrected chi connectivity index (χ1v) is 8.26. The maximum absolute atomic E-state index is 13.0. The molecule has 3 aromatic carbocycles. The Morgan fingerprint density at radius 3 is 2.48 bits per heavy atom. The van der Waals surface area contributed by atoms with Crippen molar-refractivity contribution >= 4 is 6.21 Å². The van der Waals surface area contributed by atoms with Crippen molar-refractivity contribution in [1.82, 2.24) is 0 Å². The second kappa shape index (κ2) is 8.25. The topological polar surface area (TPSA) is 21.6 Å². The second-order valence-electron chi connectivity index (χ2n) is 5.85. The second-order valence-corrected chi connectivity index (χ2v) is 5.85. The summed E-state index contributed by atoms with van der Waals surface area (Å²) in [7, 11) is 0. The number of hydrogen-bond donors (Lipinski definition) is 0. The molecule has 1 unspecified atom stereocenters. The van der Waals surface area contributed by atoms with Crippen LogP contribution in [0, 0.1) is 5.82 Å². The Bertz CT molecular complexity index is 828. The van der Waals surface area contributed by atoms with Crippen LogP contribution in [0.5, 0.6) is 5.75 Å². The number of halogens is 1. The predicted octanol–water partition coefficient (Wildman–Crippen LogP) is 5.58. The molecule has 0 heterocycles. The molecule has 25 heavy (non-hydrogen) atoms. The highest BCUT2D eigenvalue weighted by molar-refractivity contribution is 5.80. The van der Waals surface area contributed by atoms with E-state index in [1.807, 2.05) is 67.7 Å². The van der Waals surface area contributed by atoms with Crippen LogP contribution in [0.4, 0.5) is 4.39 Å². The molecule has 0 aromatic heterocycles. The quantitative estimate of drug-likeness (QED) is 0.539. The molecule has 0 aliphatic heterocycles. The lowest BCUT2D eigenvalue weighted by Gasteiger charge is -2.08. The van der Waals surface area contributed by atoms with Crippen molar-refractivity contribution in [3.63, 3.8) is 0 Å². The van der Waals surface area contributed by atoms with Crippen molar-refractivity contribution in [2.45, 2.75) is 19.6 Å². The van der Waals surface area contributed by atoms with E-state index >= 15 is 0 Å². The first-order valence-electron chi connectivity index (χ1n) is 8.26. The van der Waals surface area contributed by atoms with Crippen LogP contribution in [-0.2, 0) is 6.61 Å². The van der Waals surface area contributed by atoms with E-state index < -0.39 is 0 Å². The van der Waals surface area contributed by atoms with Gasteiger partial charge in [-0.15, -0.1) is 0 Å². The number of rotatable bonds is 6. The molecule has 126 valence electrons. The van der Waals surface area contributed by atoms with Crippen LogP contribution in [0.25, 0.3) is 0 Å². The summed E-state index contributed by atoms with van der Waals surface area (Å²) in [6.45, 7) is 2.52. The lowest BCUT2D eigenvalue weighted by atomic mass is 10.1. The van der Waals surface area contributed by atoms with Crippen molar-refractivity contribution < 1.29 is 9.13 Å². The van der Waals surface area contributed by atoms with E-state index in [4.69, 9.17) is 4.74 Å². The minimum absolute atomic E-state index is 0.0329. The third-order valence-corrected chi connectivity index (χ3v) is 3.91. The fourth-order valence-corrected chi connectivity index (χ4v) is 2.45. The molecular formula is C22H20FNO. The molecule has 0 fully saturated rings. The molecular weight excluding hydrogens is 313 g/mol. The number of nitrogens with zero attached hydrogens (tertiary/aromatic N) is 1. The zero-order valence-corrected chi connectivity index (χ0v) is 14.1. The van der Waals surface area contributed by atoms with E-state index in [0.29, 0.717) is 6.61 Å². The van der Waals surface area contributed by atoms with E-state index in [9.17, 15) is 4.39 Å². The SMILES string of the molecule is CC(N=Cc1cccc(OCc2ccccc2)c1)c1ccc(F)cc1. The van der Waals surface area contributed by atoms with Crippen LogP contribution in [0.3, 0.4) is 0 Å². The number of aliphatic imine (C=N–C) groups is 1. The van der Waals surface area contributed by atoms with Gasteiger partial charge in [0, 0.05) is 6.21 Å². The van der Waals surface area contributed by atoms with Crippen molar-refractivity contribution in [3.05, 3.63) is 101 Å². The van der Waals surface area contributed by atoms with Gasteiger partial charge in [-0.1, -0.05) is 54.6 Å². The van der Waals surface area contributed by atoms with Crippen LogP contribution < -0.4 is 4.74 Å². The van der Waals surface area contributed by atoms with E-state index in [0.717, 1.165) is 22.4 Å². The third kappa shape index (κ3) is 5.01. The number of hydrogen-bond acceptors (Lipinski definition) is 2. The highest BCUT2D eigenvalue weighted by Gasteiger charge is 2.03. The van der Waals surface area contributed by atoms with E-state index in [1.54, 1.807) is 12.1 Å². The van der Waals surface area contributed by atoms with Crippen LogP contribution >= 0.6 is 0 Å². The molecule has 0 aliphatic rings. The highest BCUT2D eigenvalue weighted by atomic mass is 19.1. The Morgan fingerprint density at radius 2 is 1.72 bits per heavy atom. The average molecular weight is 333 g/mol. The molecule has 0 bridgehead atoms. The third-order valence-electron chi connectivity index (χ3n) is 3.91. The molecule has 2 nitrogen and oxygen atoms in total. The van der Waals surface area contributed by atoms with Crippen molar-refractivity contribution in [3.8, 4) is 5.75 Å². The predicted molar refractivity (Wildman–Crippen MR) is 99.6 cm³/mol. The fraction of sp³-hybridized carbons (Fsp3) is 0.136. The number of ether oxygens (including phenoxy) is 1. The van der Waals surface area contributed by atoms with E-state index in [-0.39, 0.29) is 11.9 Å². The van der Waals surface area contributed by atoms with E-state index in [2.05, 4.69) is 4.99 Å². The normalized spacial score (nSPS) is 12.2. The molecule has 0 amide bonds. The molecule has 0 spiro atoms. The van der Waals surface area contributed by atoms with Crippen LogP contribution in [-0.4, -0.2) is 6.21 Å². The summed E-state index contributed by atoms with van der Waals surface area (Å²) in [5.74, 6) is 0.574. The summed E-state index contributed by atoms with van der Waals surface area (Å²) in [4.78, 5) is 4.55. The highest BCUT2D eigenvalue weighted by Crippen LogP contribution is 2.18. The first kappa shape index (κ1) is 16.9. The Labute approximate surface area is 147 Å². The minimum atomic E-state index is -0.233. The van der Waals surface area contributed by atoms with Gasteiger partial charge in [-0.25, -0.2) is 4.39 Å². The Hall–Kier alpha value is -2.94. The molecule has 0 radical (unpaired) electrons. The molecule has 0 saturated heterocycles. The Morgan fingerprint density at radius 1 is 0.960 bits per heavy atom. The van der Waals surface area contributed by atoms with Crippen molar-refractivity contribution in [1.29, 1.82) is 0 Å². The number of benzene rings is 3. The smallest absolute Gasteiger partial charge is 0.123 e. The van der Waals surface area contributed by atoms with Gasteiger partial charge >= 0.3 is 0 Å². The molecule has 3 rings (SSSR count). The first-order chi connectivity index (χ1) is 12.2. The summed E-state index contributed by atoms with van der Waals surface area (Å²) in [6.07, 6.45) is 1.82. The minimum Gasteiger partial charge on any atom is -0.489 e. The average Bonchev–Trinajstić information content (AvgIpc) is 2.66. The standard InChI is InChI=1S/C22H20FNO/c1-17(20-10-12-21(23)13-11-20)24-15-19-8-5-9-22(14-19)25-16-18-6-3-2-4-7-18/h2-15,17H,16H2,1H3. The van der Waals surface area contributed by atoms with Gasteiger partial charge in [0.25, 0.3) is 0 Å². The van der Waals surface area contributed by atoms with E-state index in [1.165, 1.54) is 12.1 Å². The van der Waals surface area contributed by atoms with Crippen molar-refractivity contribution in [2.75, 3.05) is 0 Å². The van der Waals surface area contributed by atoms with Crippen LogP contribution in [0.2, 0.25) is 0 Å². The zero-order chi connectivity index (χ0) is 17.5. The van der Waals surface area contributed by atoms with Gasteiger partial charge < -0.3 is 4.74 Å². The van der Waals surface area contributed by atoms with Gasteiger partial charge in [0.05, 0.1) is 6.04 Å². The molecule has 3 heteroatoms. The maximum atomic E-state index is 13.0. The lowest BCUT2D eigenvalue weighted by Crippen LogP contribution is -1.96. The van der Waals surface area contributed by atoms with Gasteiger partial charge in [0.15, 0.2) is 0 Å². The lowest BCUT2D eigenvalue weighted by molar-refractivity contribution is 0.306. The van der Waals surface area contributed by atoms with Gasteiger partial charge in [0.2, 0.25) is 0 Å². The van der Waals surface area contributed by atoms with Gasteiger partial charge in [-0.3, -0.25) is 4.99 Å². The van der Waals surface area contributed by atoms with Gasteiger partial charge in [-0.2, -0.15) is 0 Å². The largest absolute Gasteiger partial charge is 0.489 e. The van der Waals surface area contributed by atoms with Crippen LogP contribution in [0.15, 0.2) is 83.9 Å². The molecule has 3 aromatic rings. The van der Waals surface area contributed by atoms with Gasteiger partial charge in [0.1, 0.15) is 18.2 Å². The Kier molecular flexibility index (Phi) is 5.57. The van der Waals surface area contributed by atoms with Crippen LogP contribution in [0.1, 0.15) is 29.7 Å². The summed E-state index contributed by atoms with van der Waals surface area (Å²) in [5.41, 5.74) is 3.08. The van der Waals surface area contributed by atoms with Gasteiger partial charge in [-0.05, 0) is 47.9 Å². The molecule has 0 N–H and O–H groups in total. The Balaban J connectivity index is 1.63. The fourth-order valence-electron chi connectivity index (χ4n) is 2.45.